The van der Waals surface area contributed by atoms with Crippen molar-refractivity contribution in [2.45, 2.75) is 51.9 Å². The topological polar surface area (TPSA) is 99.8 Å². The summed E-state index contributed by atoms with van der Waals surface area (Å²) in [5.41, 5.74) is -1.37. The van der Waals surface area contributed by atoms with Gasteiger partial charge in [0, 0.05) is 18.1 Å². The second-order valence-corrected chi connectivity index (χ2v) is 11.2. The number of anilines is 1. The Morgan fingerprint density at radius 2 is 1.65 bits per heavy atom. The summed E-state index contributed by atoms with van der Waals surface area (Å²) in [5.74, 6) is -1.14. The van der Waals surface area contributed by atoms with Crippen LogP contribution in [-0.4, -0.2) is 54.6 Å². The van der Waals surface area contributed by atoms with Gasteiger partial charge in [-0.25, -0.2) is 4.79 Å². The number of halogens is 4. The first-order valence-corrected chi connectivity index (χ1v) is 13.3. The zero-order chi connectivity index (χ0) is 29.5. The van der Waals surface area contributed by atoms with Crippen LogP contribution >= 0.6 is 11.6 Å². The molecule has 218 valence electrons. The minimum atomic E-state index is -4.71. The van der Waals surface area contributed by atoms with Crippen LogP contribution in [0.2, 0.25) is 5.02 Å². The van der Waals surface area contributed by atoms with E-state index in [0.29, 0.717) is 17.6 Å². The third kappa shape index (κ3) is 10.0. The van der Waals surface area contributed by atoms with E-state index in [1.807, 2.05) is 24.3 Å². The standard InChI is InChI=1S/C28H34ClF3N4O4/c1-27(2,3)40-26(39)35-23-9-6-20(28(30,31)32)14-22(23)25(38)34-16-24(37)33-15-18-10-12-36(13-11-18)17-19-4-7-21(29)8-5-19/h4-9,14,18H,10-13,15-17H2,1-3H3,(H,33,37)(H,34,38)(H,35,39). The van der Waals surface area contributed by atoms with E-state index in [1.54, 1.807) is 20.8 Å². The van der Waals surface area contributed by atoms with Crippen LogP contribution in [-0.2, 0) is 22.3 Å². The van der Waals surface area contributed by atoms with Gasteiger partial charge in [0.1, 0.15) is 5.60 Å². The predicted molar refractivity (Wildman–Crippen MR) is 146 cm³/mol. The van der Waals surface area contributed by atoms with Gasteiger partial charge in [-0.2, -0.15) is 13.2 Å². The lowest BCUT2D eigenvalue weighted by Crippen LogP contribution is -2.41. The number of amides is 3. The van der Waals surface area contributed by atoms with Crippen molar-refractivity contribution in [1.29, 1.82) is 0 Å². The molecule has 12 heteroatoms. The number of hydrogen-bond acceptors (Lipinski definition) is 5. The number of rotatable bonds is 8. The molecule has 0 saturated carbocycles. The van der Waals surface area contributed by atoms with Crippen LogP contribution in [0.4, 0.5) is 23.7 Å². The third-order valence-electron chi connectivity index (χ3n) is 6.25. The molecule has 2 aromatic rings. The van der Waals surface area contributed by atoms with E-state index >= 15 is 0 Å². The maximum absolute atomic E-state index is 13.3. The van der Waals surface area contributed by atoms with E-state index in [9.17, 15) is 27.6 Å². The Balaban J connectivity index is 1.50. The van der Waals surface area contributed by atoms with E-state index in [2.05, 4.69) is 20.9 Å². The number of ether oxygens (including phenoxy) is 1. The molecular formula is C28H34ClF3N4O4. The summed E-state index contributed by atoms with van der Waals surface area (Å²) in [5, 5.41) is 8.12. The van der Waals surface area contributed by atoms with E-state index in [4.69, 9.17) is 16.3 Å². The Labute approximate surface area is 236 Å². The number of carbonyl (C=O) groups is 3. The van der Waals surface area contributed by atoms with Crippen molar-refractivity contribution < 1.29 is 32.3 Å². The van der Waals surface area contributed by atoms with Gasteiger partial charge in [-0.05, 0) is 88.5 Å². The molecule has 8 nitrogen and oxygen atoms in total. The van der Waals surface area contributed by atoms with Gasteiger partial charge in [-0.1, -0.05) is 23.7 Å². The zero-order valence-electron chi connectivity index (χ0n) is 22.7. The summed E-state index contributed by atoms with van der Waals surface area (Å²) in [6, 6.07) is 10.1. The molecule has 0 radical (unpaired) electrons. The molecule has 3 amide bonds. The second-order valence-electron chi connectivity index (χ2n) is 10.7. The van der Waals surface area contributed by atoms with E-state index in [-0.39, 0.29) is 11.6 Å². The highest BCUT2D eigenvalue weighted by Crippen LogP contribution is 2.32. The Morgan fingerprint density at radius 3 is 2.25 bits per heavy atom. The van der Waals surface area contributed by atoms with Gasteiger partial charge in [-0.15, -0.1) is 0 Å². The van der Waals surface area contributed by atoms with Gasteiger partial charge >= 0.3 is 12.3 Å². The van der Waals surface area contributed by atoms with Crippen LogP contribution in [0.1, 0.15) is 55.1 Å². The van der Waals surface area contributed by atoms with Crippen LogP contribution in [0.15, 0.2) is 42.5 Å². The Bertz CT molecular complexity index is 1190. The van der Waals surface area contributed by atoms with Gasteiger partial charge < -0.3 is 15.4 Å². The van der Waals surface area contributed by atoms with Gasteiger partial charge in [0.25, 0.3) is 5.91 Å². The van der Waals surface area contributed by atoms with Crippen molar-refractivity contribution in [3.05, 3.63) is 64.2 Å². The lowest BCUT2D eigenvalue weighted by atomic mass is 9.96. The summed E-state index contributed by atoms with van der Waals surface area (Å²) in [6.45, 7) is 7.44. The average Bonchev–Trinajstić information content (AvgIpc) is 2.86. The summed E-state index contributed by atoms with van der Waals surface area (Å²) in [7, 11) is 0. The minimum absolute atomic E-state index is 0.175. The highest BCUT2D eigenvalue weighted by molar-refractivity contribution is 6.30. The molecule has 2 aromatic carbocycles. The number of likely N-dealkylation sites (tertiary alicyclic amines) is 1. The minimum Gasteiger partial charge on any atom is -0.444 e. The van der Waals surface area contributed by atoms with Crippen molar-refractivity contribution in [3.63, 3.8) is 0 Å². The maximum Gasteiger partial charge on any atom is 0.416 e. The Kier molecular flexibility index (Phi) is 10.4. The number of carbonyl (C=O) groups excluding carboxylic acids is 3. The first-order valence-electron chi connectivity index (χ1n) is 12.9. The van der Waals surface area contributed by atoms with Crippen molar-refractivity contribution >= 4 is 35.2 Å². The molecule has 0 unspecified atom stereocenters. The summed E-state index contributed by atoms with van der Waals surface area (Å²) in [6.07, 6.45) is -3.85. The lowest BCUT2D eigenvalue weighted by Gasteiger charge is -2.32. The van der Waals surface area contributed by atoms with Crippen LogP contribution in [0, 0.1) is 5.92 Å². The Hall–Kier alpha value is -3.31. The number of alkyl halides is 3. The monoisotopic (exact) mass is 582 g/mol. The average molecular weight is 583 g/mol. The molecule has 0 spiro atoms. The van der Waals surface area contributed by atoms with Gasteiger partial charge in [0.2, 0.25) is 5.91 Å². The zero-order valence-corrected chi connectivity index (χ0v) is 23.4. The first kappa shape index (κ1) is 31.2. The highest BCUT2D eigenvalue weighted by atomic mass is 35.5. The van der Waals surface area contributed by atoms with Crippen molar-refractivity contribution in [2.75, 3.05) is 31.5 Å². The molecule has 40 heavy (non-hydrogen) atoms. The summed E-state index contributed by atoms with van der Waals surface area (Å²) < 4.78 is 44.9. The SMILES string of the molecule is CC(C)(C)OC(=O)Nc1ccc(C(F)(F)F)cc1C(=O)NCC(=O)NCC1CCN(Cc2ccc(Cl)cc2)CC1. The molecule has 0 aromatic heterocycles. The fourth-order valence-corrected chi connectivity index (χ4v) is 4.33. The fourth-order valence-electron chi connectivity index (χ4n) is 4.20. The quantitative estimate of drug-likeness (QED) is 0.384. The van der Waals surface area contributed by atoms with Crippen molar-refractivity contribution in [2.24, 2.45) is 5.92 Å². The number of benzene rings is 2. The smallest absolute Gasteiger partial charge is 0.416 e. The third-order valence-corrected chi connectivity index (χ3v) is 6.50. The van der Waals surface area contributed by atoms with Crippen molar-refractivity contribution in [1.82, 2.24) is 15.5 Å². The molecule has 1 saturated heterocycles. The van der Waals surface area contributed by atoms with Crippen molar-refractivity contribution in [3.8, 4) is 0 Å². The van der Waals surface area contributed by atoms with Gasteiger partial charge in [0.15, 0.2) is 0 Å². The van der Waals surface area contributed by atoms with Gasteiger partial charge in [-0.3, -0.25) is 19.8 Å². The Morgan fingerprint density at radius 1 is 1.00 bits per heavy atom. The predicted octanol–water partition coefficient (Wildman–Crippen LogP) is 5.46. The van der Waals surface area contributed by atoms with Crippen LogP contribution in [0.5, 0.6) is 0 Å². The largest absolute Gasteiger partial charge is 0.444 e. The number of piperidine rings is 1. The maximum atomic E-state index is 13.3. The molecule has 3 N–H and O–H groups in total. The molecule has 3 rings (SSSR count). The molecule has 1 heterocycles. The highest BCUT2D eigenvalue weighted by Gasteiger charge is 2.32. The lowest BCUT2D eigenvalue weighted by molar-refractivity contribution is -0.137. The molecule has 0 atom stereocenters. The number of hydrogen-bond donors (Lipinski definition) is 3. The number of nitrogens with zero attached hydrogens (tertiary/aromatic N) is 1. The van der Waals surface area contributed by atoms with E-state index in [1.165, 1.54) is 5.56 Å². The first-order chi connectivity index (χ1) is 18.7. The summed E-state index contributed by atoms with van der Waals surface area (Å²) >= 11 is 5.94. The number of nitrogens with one attached hydrogen (secondary N) is 3. The van der Waals surface area contributed by atoms with Crippen LogP contribution in [0.3, 0.4) is 0 Å². The molecule has 0 aliphatic carbocycles. The van der Waals surface area contributed by atoms with E-state index in [0.717, 1.165) is 44.6 Å². The summed E-state index contributed by atoms with van der Waals surface area (Å²) in [4.78, 5) is 39.6. The molecule has 0 bridgehead atoms. The van der Waals surface area contributed by atoms with Gasteiger partial charge in [0.05, 0.1) is 23.4 Å². The molecule has 1 aliphatic rings. The molecule has 1 fully saturated rings. The molecular weight excluding hydrogens is 549 g/mol. The second kappa shape index (κ2) is 13.4. The fraction of sp³-hybridized carbons (Fsp3) is 0.464. The normalized spacial score (nSPS) is 14.9. The molecule has 1 aliphatic heterocycles. The van der Waals surface area contributed by atoms with Crippen LogP contribution in [0.25, 0.3) is 0 Å². The van der Waals surface area contributed by atoms with E-state index < -0.39 is 47.4 Å². The van der Waals surface area contributed by atoms with Crippen LogP contribution < -0.4 is 16.0 Å².